The van der Waals surface area contributed by atoms with Gasteiger partial charge in [0.15, 0.2) is 17.5 Å². The zero-order chi connectivity index (χ0) is 17.3. The summed E-state index contributed by atoms with van der Waals surface area (Å²) in [6, 6.07) is 15.4. The maximum atomic E-state index is 5.93. The van der Waals surface area contributed by atoms with Gasteiger partial charge in [0.1, 0.15) is 5.75 Å². The predicted molar refractivity (Wildman–Crippen MR) is 98.7 cm³/mol. The van der Waals surface area contributed by atoms with Crippen LogP contribution in [0.2, 0.25) is 0 Å². The van der Waals surface area contributed by atoms with Crippen LogP contribution in [0.5, 0.6) is 17.2 Å². The van der Waals surface area contributed by atoms with Crippen LogP contribution < -0.4 is 25.3 Å². The minimum atomic E-state index is 0.370. The van der Waals surface area contributed by atoms with Gasteiger partial charge in [-0.2, -0.15) is 0 Å². The van der Waals surface area contributed by atoms with Gasteiger partial charge >= 0.3 is 0 Å². The van der Waals surface area contributed by atoms with Gasteiger partial charge in [0.25, 0.3) is 0 Å². The highest BCUT2D eigenvalue weighted by Gasteiger charge is 2.10. The Bertz CT molecular complexity index is 704. The van der Waals surface area contributed by atoms with Crippen molar-refractivity contribution in [3.05, 3.63) is 48.5 Å². The first-order chi connectivity index (χ1) is 12.3. The Labute approximate surface area is 147 Å². The van der Waals surface area contributed by atoms with E-state index in [2.05, 4.69) is 10.3 Å². The molecule has 0 spiro atoms. The molecule has 0 aromatic heterocycles. The van der Waals surface area contributed by atoms with Crippen molar-refractivity contribution in [2.45, 2.75) is 12.8 Å². The van der Waals surface area contributed by atoms with E-state index in [4.69, 9.17) is 19.9 Å². The molecule has 0 saturated heterocycles. The second-order valence-electron chi connectivity index (χ2n) is 5.62. The van der Waals surface area contributed by atoms with Crippen LogP contribution in [-0.2, 0) is 0 Å². The van der Waals surface area contributed by atoms with Gasteiger partial charge in [-0.3, -0.25) is 4.99 Å². The normalized spacial score (nSPS) is 13.8. The van der Waals surface area contributed by atoms with E-state index in [0.29, 0.717) is 32.3 Å². The smallest absolute Gasteiger partial charge is 0.193 e. The summed E-state index contributed by atoms with van der Waals surface area (Å²) >= 11 is 0. The highest BCUT2D eigenvalue weighted by Crippen LogP contribution is 2.32. The van der Waals surface area contributed by atoms with E-state index in [-0.39, 0.29) is 0 Å². The summed E-state index contributed by atoms with van der Waals surface area (Å²) in [4.78, 5) is 4.31. The third-order valence-electron chi connectivity index (χ3n) is 3.62. The highest BCUT2D eigenvalue weighted by molar-refractivity contribution is 5.92. The molecule has 6 nitrogen and oxygen atoms in total. The van der Waals surface area contributed by atoms with Crippen molar-refractivity contribution in [3.8, 4) is 17.2 Å². The fourth-order valence-electron chi connectivity index (χ4n) is 2.40. The highest BCUT2D eigenvalue weighted by atomic mass is 16.5. The topological polar surface area (TPSA) is 78.1 Å². The molecule has 2 aromatic carbocycles. The van der Waals surface area contributed by atoms with Gasteiger partial charge in [-0.1, -0.05) is 18.2 Å². The zero-order valence-corrected chi connectivity index (χ0v) is 14.1. The maximum Gasteiger partial charge on any atom is 0.193 e. The minimum Gasteiger partial charge on any atom is -0.494 e. The number of aliphatic imine (C=N–C) groups is 1. The van der Waals surface area contributed by atoms with Crippen LogP contribution in [0.3, 0.4) is 0 Å². The molecule has 3 rings (SSSR count). The minimum absolute atomic E-state index is 0.370. The molecular formula is C19H23N3O3. The SMILES string of the molecule is NC(=NCCCOc1ccccc1)Nc1ccc2c(c1)OCCCO2. The summed E-state index contributed by atoms with van der Waals surface area (Å²) in [7, 11) is 0. The molecule has 2 aromatic rings. The zero-order valence-electron chi connectivity index (χ0n) is 14.1. The van der Waals surface area contributed by atoms with Crippen LogP contribution in [0, 0.1) is 0 Å². The van der Waals surface area contributed by atoms with Crippen molar-refractivity contribution in [3.63, 3.8) is 0 Å². The van der Waals surface area contributed by atoms with E-state index in [0.717, 1.165) is 35.8 Å². The lowest BCUT2D eigenvalue weighted by molar-refractivity contribution is 0.297. The number of ether oxygens (including phenoxy) is 3. The third kappa shape index (κ3) is 5.31. The number of guanidine groups is 1. The van der Waals surface area contributed by atoms with Crippen LogP contribution in [0.4, 0.5) is 5.69 Å². The third-order valence-corrected chi connectivity index (χ3v) is 3.62. The molecule has 0 bridgehead atoms. The standard InChI is InChI=1S/C19H23N3O3/c20-19(21-10-4-11-23-16-6-2-1-3-7-16)22-15-8-9-17-18(14-15)25-13-5-12-24-17/h1-3,6-9,14H,4-5,10-13H2,(H3,20,21,22). The largest absolute Gasteiger partial charge is 0.494 e. The van der Waals surface area contributed by atoms with E-state index >= 15 is 0 Å². The lowest BCUT2D eigenvalue weighted by atomic mass is 10.3. The Balaban J connectivity index is 1.44. The molecule has 25 heavy (non-hydrogen) atoms. The average molecular weight is 341 g/mol. The Morgan fingerprint density at radius 2 is 1.88 bits per heavy atom. The Morgan fingerprint density at radius 1 is 1.08 bits per heavy atom. The molecule has 1 heterocycles. The summed E-state index contributed by atoms with van der Waals surface area (Å²) in [6.45, 7) is 2.52. The quantitative estimate of drug-likeness (QED) is 0.480. The summed E-state index contributed by atoms with van der Waals surface area (Å²) in [6.07, 6.45) is 1.67. The molecule has 6 heteroatoms. The van der Waals surface area contributed by atoms with Gasteiger partial charge in [-0.15, -0.1) is 0 Å². The van der Waals surface area contributed by atoms with Crippen molar-refractivity contribution in [1.29, 1.82) is 0 Å². The van der Waals surface area contributed by atoms with Gasteiger partial charge in [0.05, 0.1) is 19.8 Å². The van der Waals surface area contributed by atoms with Gasteiger partial charge in [0, 0.05) is 31.1 Å². The number of nitrogens with zero attached hydrogens (tertiary/aromatic N) is 1. The summed E-state index contributed by atoms with van der Waals surface area (Å²) in [5.74, 6) is 2.72. The molecule has 3 N–H and O–H groups in total. The van der Waals surface area contributed by atoms with Crippen LogP contribution in [0.15, 0.2) is 53.5 Å². The molecule has 132 valence electrons. The number of hydrogen-bond acceptors (Lipinski definition) is 4. The summed E-state index contributed by atoms with van der Waals surface area (Å²) < 4.78 is 16.9. The number of nitrogens with two attached hydrogens (primary N) is 1. The van der Waals surface area contributed by atoms with E-state index in [1.165, 1.54) is 0 Å². The van der Waals surface area contributed by atoms with Gasteiger partial charge in [0.2, 0.25) is 0 Å². The number of hydrogen-bond donors (Lipinski definition) is 2. The second-order valence-corrected chi connectivity index (χ2v) is 5.62. The van der Waals surface area contributed by atoms with Crippen LogP contribution in [0.25, 0.3) is 0 Å². The fraction of sp³-hybridized carbons (Fsp3) is 0.316. The van der Waals surface area contributed by atoms with Crippen LogP contribution >= 0.6 is 0 Å². The van der Waals surface area contributed by atoms with E-state index in [1.54, 1.807) is 0 Å². The van der Waals surface area contributed by atoms with Gasteiger partial charge in [-0.25, -0.2) is 0 Å². The molecular weight excluding hydrogens is 318 g/mol. The molecule has 0 saturated carbocycles. The first kappa shape index (κ1) is 17.0. The maximum absolute atomic E-state index is 5.93. The Kier molecular flexibility index (Phi) is 5.98. The lowest BCUT2D eigenvalue weighted by Gasteiger charge is -2.10. The van der Waals surface area contributed by atoms with E-state index < -0.39 is 0 Å². The predicted octanol–water partition coefficient (Wildman–Crippen LogP) is 3.04. The van der Waals surface area contributed by atoms with Crippen molar-refractivity contribution < 1.29 is 14.2 Å². The van der Waals surface area contributed by atoms with E-state index in [9.17, 15) is 0 Å². The summed E-state index contributed by atoms with van der Waals surface area (Å²) in [5, 5.41) is 3.07. The number of fused-ring (bicyclic) bond motifs is 1. The average Bonchev–Trinajstić information content (AvgIpc) is 2.87. The fourth-order valence-corrected chi connectivity index (χ4v) is 2.40. The number of rotatable bonds is 6. The second kappa shape index (κ2) is 8.82. The Morgan fingerprint density at radius 3 is 2.72 bits per heavy atom. The van der Waals surface area contributed by atoms with Gasteiger partial charge in [-0.05, 0) is 24.3 Å². The molecule has 0 fully saturated rings. The van der Waals surface area contributed by atoms with Crippen molar-refractivity contribution >= 4 is 11.6 Å². The van der Waals surface area contributed by atoms with Crippen molar-refractivity contribution in [1.82, 2.24) is 0 Å². The summed E-state index contributed by atoms with van der Waals surface area (Å²) in [5.41, 5.74) is 6.76. The first-order valence-electron chi connectivity index (χ1n) is 8.46. The molecule has 0 unspecified atom stereocenters. The monoisotopic (exact) mass is 341 g/mol. The molecule has 0 aliphatic carbocycles. The van der Waals surface area contributed by atoms with Crippen molar-refractivity contribution in [2.24, 2.45) is 10.7 Å². The van der Waals surface area contributed by atoms with E-state index in [1.807, 2.05) is 48.5 Å². The molecule has 1 aliphatic rings. The number of nitrogens with one attached hydrogen (secondary N) is 1. The number of para-hydroxylation sites is 1. The molecule has 0 atom stereocenters. The molecule has 1 aliphatic heterocycles. The Hall–Kier alpha value is -2.89. The number of anilines is 1. The molecule has 0 radical (unpaired) electrons. The van der Waals surface area contributed by atoms with Gasteiger partial charge < -0.3 is 25.3 Å². The van der Waals surface area contributed by atoms with Crippen LogP contribution in [-0.4, -0.2) is 32.3 Å². The molecule has 0 amide bonds. The first-order valence-corrected chi connectivity index (χ1v) is 8.46. The van der Waals surface area contributed by atoms with Crippen LogP contribution in [0.1, 0.15) is 12.8 Å². The lowest BCUT2D eigenvalue weighted by Crippen LogP contribution is -2.23. The van der Waals surface area contributed by atoms with Crippen molar-refractivity contribution in [2.75, 3.05) is 31.7 Å². The number of benzene rings is 2.